The van der Waals surface area contributed by atoms with Crippen LogP contribution in [-0.2, 0) is 11.3 Å². The van der Waals surface area contributed by atoms with Crippen LogP contribution in [0.25, 0.3) is 0 Å². The second-order valence-electron chi connectivity index (χ2n) is 6.99. The van der Waals surface area contributed by atoms with E-state index in [4.69, 9.17) is 11.6 Å². The molecule has 6 nitrogen and oxygen atoms in total. The van der Waals surface area contributed by atoms with Crippen LogP contribution < -0.4 is 5.32 Å². The Morgan fingerprint density at radius 1 is 1.32 bits per heavy atom. The lowest BCUT2D eigenvalue weighted by atomic mass is 10.2. The number of carbonyl (C=O) groups is 1. The van der Waals surface area contributed by atoms with Crippen molar-refractivity contribution in [2.75, 3.05) is 19.4 Å². The lowest BCUT2D eigenvalue weighted by Gasteiger charge is -2.23. The Bertz CT molecular complexity index is 780. The van der Waals surface area contributed by atoms with Crippen molar-refractivity contribution in [3.8, 4) is 0 Å². The van der Waals surface area contributed by atoms with Crippen LogP contribution in [0.3, 0.4) is 0 Å². The van der Waals surface area contributed by atoms with Crippen molar-refractivity contribution in [2.24, 2.45) is 0 Å². The number of nitrogens with one attached hydrogen (secondary N) is 1. The third-order valence-electron chi connectivity index (χ3n) is 4.53. The Hall–Kier alpha value is -1.57. The van der Waals surface area contributed by atoms with Gasteiger partial charge in [0.25, 0.3) is 0 Å². The van der Waals surface area contributed by atoms with Gasteiger partial charge in [-0.15, -0.1) is 10.2 Å². The number of halogens is 1. The van der Waals surface area contributed by atoms with Gasteiger partial charge >= 0.3 is 0 Å². The first-order valence-corrected chi connectivity index (χ1v) is 11.0. The zero-order chi connectivity index (χ0) is 20.7. The number of rotatable bonds is 10. The summed E-state index contributed by atoms with van der Waals surface area (Å²) >= 11 is 7.43. The van der Waals surface area contributed by atoms with E-state index < -0.39 is 0 Å². The van der Waals surface area contributed by atoms with Crippen LogP contribution in [0.2, 0.25) is 5.02 Å². The Kier molecular flexibility index (Phi) is 8.79. The average molecular weight is 424 g/mol. The maximum Gasteiger partial charge on any atom is 0.237 e. The quantitative estimate of drug-likeness (QED) is 0.552. The van der Waals surface area contributed by atoms with Gasteiger partial charge < -0.3 is 9.88 Å². The molecule has 1 N–H and O–H groups in total. The van der Waals surface area contributed by atoms with Crippen molar-refractivity contribution < 1.29 is 4.79 Å². The summed E-state index contributed by atoms with van der Waals surface area (Å²) in [5, 5.41) is 12.9. The normalized spacial score (nSPS) is 13.5. The lowest BCUT2D eigenvalue weighted by molar-refractivity contribution is -0.115. The van der Waals surface area contributed by atoms with Gasteiger partial charge in [-0.3, -0.25) is 9.69 Å². The number of thioether (sulfide) groups is 1. The first-order valence-electron chi connectivity index (χ1n) is 9.69. The average Bonchev–Trinajstić information content (AvgIpc) is 3.02. The molecule has 2 unspecified atom stereocenters. The van der Waals surface area contributed by atoms with Gasteiger partial charge in [0.05, 0.1) is 11.3 Å². The molecule has 1 heterocycles. The van der Waals surface area contributed by atoms with Gasteiger partial charge in [-0.1, -0.05) is 49.7 Å². The van der Waals surface area contributed by atoms with Crippen LogP contribution in [0.4, 0.5) is 5.69 Å². The molecule has 0 aliphatic rings. The minimum absolute atomic E-state index is 0.0847. The second kappa shape index (κ2) is 10.8. The minimum Gasteiger partial charge on any atom is -0.325 e. The van der Waals surface area contributed by atoms with Crippen molar-refractivity contribution in [3.05, 3.63) is 35.1 Å². The Balaban J connectivity index is 2.16. The monoisotopic (exact) mass is 423 g/mol. The molecule has 2 atom stereocenters. The van der Waals surface area contributed by atoms with Crippen molar-refractivity contribution in [1.82, 2.24) is 19.7 Å². The minimum atomic E-state index is -0.309. The van der Waals surface area contributed by atoms with Crippen molar-refractivity contribution in [1.29, 1.82) is 0 Å². The number of benzene rings is 1. The molecule has 8 heteroatoms. The summed E-state index contributed by atoms with van der Waals surface area (Å²) in [5.74, 6) is 0.879. The number of hydrogen-bond donors (Lipinski definition) is 1. The molecule has 0 spiro atoms. The van der Waals surface area contributed by atoms with Crippen LogP contribution in [-0.4, -0.2) is 44.9 Å². The Morgan fingerprint density at radius 3 is 2.68 bits per heavy atom. The van der Waals surface area contributed by atoms with E-state index in [0.717, 1.165) is 36.8 Å². The first kappa shape index (κ1) is 22.7. The largest absolute Gasteiger partial charge is 0.325 e. The van der Waals surface area contributed by atoms with Gasteiger partial charge in [-0.2, -0.15) is 0 Å². The molecule has 0 fully saturated rings. The van der Waals surface area contributed by atoms with E-state index in [2.05, 4.69) is 52.9 Å². The SMILES string of the molecule is CCCCn1c(SC(C)C(=O)Nc2cccc(Cl)c2)nnc1C(CC)N(C)C. The number of anilines is 1. The topological polar surface area (TPSA) is 63.1 Å². The second-order valence-corrected chi connectivity index (χ2v) is 8.74. The summed E-state index contributed by atoms with van der Waals surface area (Å²) in [6.07, 6.45) is 3.09. The standard InChI is InChI=1S/C20H30ClN5OS/c1-6-8-12-26-18(17(7-2)25(4)5)23-24-20(26)28-14(3)19(27)22-16-11-9-10-15(21)13-16/h9-11,13-14,17H,6-8,12H2,1-5H3,(H,22,27). The molecule has 1 aromatic heterocycles. The number of carbonyl (C=O) groups excluding carboxylic acids is 1. The highest BCUT2D eigenvalue weighted by molar-refractivity contribution is 8.00. The molecule has 154 valence electrons. The van der Waals surface area contributed by atoms with E-state index in [9.17, 15) is 4.79 Å². The highest BCUT2D eigenvalue weighted by atomic mass is 35.5. The molecule has 0 saturated heterocycles. The molecule has 2 rings (SSSR count). The summed E-state index contributed by atoms with van der Waals surface area (Å²) in [4.78, 5) is 14.8. The molecule has 0 saturated carbocycles. The van der Waals surface area contributed by atoms with Gasteiger partial charge in [0.2, 0.25) is 5.91 Å². The molecule has 0 bridgehead atoms. The summed E-state index contributed by atoms with van der Waals surface area (Å²) < 4.78 is 2.17. The van der Waals surface area contributed by atoms with E-state index in [0.29, 0.717) is 10.7 Å². The van der Waals surface area contributed by atoms with E-state index >= 15 is 0 Å². The molecular formula is C20H30ClN5OS. The fourth-order valence-corrected chi connectivity index (χ4v) is 4.03. The number of unbranched alkanes of at least 4 members (excludes halogenated alkanes) is 1. The molecule has 1 amide bonds. The highest BCUT2D eigenvalue weighted by Gasteiger charge is 2.24. The van der Waals surface area contributed by atoms with Gasteiger partial charge in [0.1, 0.15) is 0 Å². The molecule has 1 aromatic carbocycles. The summed E-state index contributed by atoms with van der Waals surface area (Å²) in [6.45, 7) is 7.05. The predicted molar refractivity (Wildman–Crippen MR) is 117 cm³/mol. The summed E-state index contributed by atoms with van der Waals surface area (Å²) in [6, 6.07) is 7.36. The van der Waals surface area contributed by atoms with Gasteiger partial charge in [-0.05, 0) is 52.1 Å². The molecule has 28 heavy (non-hydrogen) atoms. The third kappa shape index (κ3) is 5.96. The first-order chi connectivity index (χ1) is 13.4. The van der Waals surface area contributed by atoms with Gasteiger partial charge in [0.15, 0.2) is 11.0 Å². The fraction of sp³-hybridized carbons (Fsp3) is 0.550. The molecule has 2 aromatic rings. The van der Waals surface area contributed by atoms with Crippen molar-refractivity contribution >= 4 is 35.0 Å². The smallest absolute Gasteiger partial charge is 0.237 e. The number of nitrogens with zero attached hydrogens (tertiary/aromatic N) is 4. The van der Waals surface area contributed by atoms with Crippen LogP contribution in [0.1, 0.15) is 51.9 Å². The van der Waals surface area contributed by atoms with Gasteiger partial charge in [-0.25, -0.2) is 0 Å². The number of hydrogen-bond acceptors (Lipinski definition) is 5. The van der Waals surface area contributed by atoms with Crippen LogP contribution in [0.15, 0.2) is 29.4 Å². The number of amides is 1. The van der Waals surface area contributed by atoms with Crippen molar-refractivity contribution in [2.45, 2.75) is 63.0 Å². The molecule has 0 radical (unpaired) electrons. The fourth-order valence-electron chi connectivity index (χ4n) is 2.96. The maximum atomic E-state index is 12.6. The van der Waals surface area contributed by atoms with Gasteiger partial charge in [0, 0.05) is 17.3 Å². The van der Waals surface area contributed by atoms with E-state index in [1.165, 1.54) is 11.8 Å². The molecule has 0 aliphatic carbocycles. The van der Waals surface area contributed by atoms with Crippen LogP contribution in [0, 0.1) is 0 Å². The van der Waals surface area contributed by atoms with Crippen molar-refractivity contribution in [3.63, 3.8) is 0 Å². The predicted octanol–water partition coefficient (Wildman–Crippen LogP) is 4.86. The van der Waals surface area contributed by atoms with Crippen LogP contribution in [0.5, 0.6) is 0 Å². The highest BCUT2D eigenvalue weighted by Crippen LogP contribution is 2.28. The number of aromatic nitrogens is 3. The summed E-state index contributed by atoms with van der Waals surface area (Å²) in [7, 11) is 4.11. The van der Waals surface area contributed by atoms with Crippen LogP contribution >= 0.6 is 23.4 Å². The van der Waals surface area contributed by atoms with E-state index in [-0.39, 0.29) is 17.2 Å². The Morgan fingerprint density at radius 2 is 2.07 bits per heavy atom. The third-order valence-corrected chi connectivity index (χ3v) is 5.85. The van der Waals surface area contributed by atoms with E-state index in [1.807, 2.05) is 19.1 Å². The zero-order valence-electron chi connectivity index (χ0n) is 17.3. The summed E-state index contributed by atoms with van der Waals surface area (Å²) in [5.41, 5.74) is 0.691. The molecular weight excluding hydrogens is 394 g/mol. The lowest BCUT2D eigenvalue weighted by Crippen LogP contribution is -2.24. The maximum absolute atomic E-state index is 12.6. The molecule has 0 aliphatic heterocycles. The zero-order valence-corrected chi connectivity index (χ0v) is 18.8. The van der Waals surface area contributed by atoms with E-state index in [1.54, 1.807) is 12.1 Å². The Labute approximate surface area is 177 Å².